The van der Waals surface area contributed by atoms with Crippen LogP contribution < -0.4 is 10.6 Å². The average molecular weight is 300 g/mol. The van der Waals surface area contributed by atoms with Gasteiger partial charge in [0.25, 0.3) is 0 Å². The topological polar surface area (TPSA) is 70.4 Å². The van der Waals surface area contributed by atoms with E-state index >= 15 is 0 Å². The van der Waals surface area contributed by atoms with Gasteiger partial charge in [-0.05, 0) is 50.2 Å². The zero-order chi connectivity index (χ0) is 15.2. The van der Waals surface area contributed by atoms with Gasteiger partial charge in [0.2, 0.25) is 0 Å². The number of carbonyl (C=O) groups excluding carboxylic acids is 1. The number of nitrogens with one attached hydrogen (secondary N) is 2. The highest BCUT2D eigenvalue weighted by Gasteiger charge is 2.25. The lowest BCUT2D eigenvalue weighted by molar-refractivity contribution is 0.207. The molecule has 1 atom stereocenters. The summed E-state index contributed by atoms with van der Waals surface area (Å²) in [6.45, 7) is 2.60. The van der Waals surface area contributed by atoms with Crippen LogP contribution >= 0.6 is 0 Å². The van der Waals surface area contributed by atoms with Crippen LogP contribution in [-0.2, 0) is 0 Å². The van der Waals surface area contributed by atoms with Gasteiger partial charge in [0.15, 0.2) is 0 Å². The maximum Gasteiger partial charge on any atom is 0.319 e. The van der Waals surface area contributed by atoms with Crippen molar-refractivity contribution >= 4 is 11.7 Å². The summed E-state index contributed by atoms with van der Waals surface area (Å²) in [5.74, 6) is 0.895. The first-order chi connectivity index (χ1) is 10.8. The van der Waals surface area contributed by atoms with Gasteiger partial charge in [-0.3, -0.25) is 9.88 Å². The summed E-state index contributed by atoms with van der Waals surface area (Å²) in [5, 5.41) is 5.72. The van der Waals surface area contributed by atoms with Crippen LogP contribution in [0.25, 0.3) is 0 Å². The number of nitrogens with zero attached hydrogens (tertiary/aromatic N) is 2. The number of carbonyl (C=O) groups is 1. The molecule has 116 valence electrons. The number of hydrogen-bond donors (Lipinski definition) is 2. The molecule has 22 heavy (non-hydrogen) atoms. The van der Waals surface area contributed by atoms with E-state index in [1.165, 1.54) is 12.8 Å². The molecule has 0 radical (unpaired) electrons. The smallest absolute Gasteiger partial charge is 0.319 e. The van der Waals surface area contributed by atoms with Gasteiger partial charge in [-0.25, -0.2) is 4.79 Å². The summed E-state index contributed by atoms with van der Waals surface area (Å²) in [6.07, 6.45) is 7.35. The third-order valence-electron chi connectivity index (χ3n) is 3.85. The van der Waals surface area contributed by atoms with E-state index in [-0.39, 0.29) is 12.1 Å². The van der Waals surface area contributed by atoms with Gasteiger partial charge in [0, 0.05) is 24.6 Å². The van der Waals surface area contributed by atoms with Crippen molar-refractivity contribution in [2.75, 3.05) is 25.0 Å². The van der Waals surface area contributed by atoms with Crippen LogP contribution in [0.2, 0.25) is 0 Å². The first-order valence-electron chi connectivity index (χ1n) is 7.55. The number of hydrogen-bond acceptors (Lipinski definition) is 4. The second kappa shape index (κ2) is 7.09. The lowest BCUT2D eigenvalue weighted by atomic mass is 10.2. The van der Waals surface area contributed by atoms with Gasteiger partial charge >= 0.3 is 6.03 Å². The van der Waals surface area contributed by atoms with Crippen LogP contribution in [0.15, 0.2) is 47.3 Å². The number of amides is 2. The molecule has 0 saturated carbocycles. The Balaban J connectivity index is 1.58. The SMILES string of the molecule is O=C(NC[C@H](c1ccco1)N1CCCC1)Nc1ccncc1. The summed E-state index contributed by atoms with van der Waals surface area (Å²) in [5.41, 5.74) is 0.725. The fourth-order valence-electron chi connectivity index (χ4n) is 2.74. The number of aromatic nitrogens is 1. The molecule has 6 nitrogen and oxygen atoms in total. The third-order valence-corrected chi connectivity index (χ3v) is 3.85. The molecule has 6 heteroatoms. The normalized spacial score (nSPS) is 16.4. The summed E-state index contributed by atoms with van der Waals surface area (Å²) in [4.78, 5) is 18.3. The Bertz CT molecular complexity index is 579. The molecule has 1 aliphatic rings. The highest BCUT2D eigenvalue weighted by atomic mass is 16.3. The highest BCUT2D eigenvalue weighted by Crippen LogP contribution is 2.24. The molecule has 1 fully saturated rings. The predicted octanol–water partition coefficient (Wildman–Crippen LogP) is 2.63. The molecule has 3 heterocycles. The van der Waals surface area contributed by atoms with E-state index in [2.05, 4.69) is 20.5 Å². The lowest BCUT2D eigenvalue weighted by Crippen LogP contribution is -2.38. The summed E-state index contributed by atoms with van der Waals surface area (Å²) < 4.78 is 5.54. The van der Waals surface area contributed by atoms with Crippen molar-refractivity contribution in [1.29, 1.82) is 0 Å². The Morgan fingerprint density at radius 3 is 2.73 bits per heavy atom. The summed E-state index contributed by atoms with van der Waals surface area (Å²) in [6, 6.07) is 7.22. The molecule has 0 aliphatic carbocycles. The molecule has 0 bridgehead atoms. The van der Waals surface area contributed by atoms with Gasteiger partial charge in [-0.1, -0.05) is 0 Å². The van der Waals surface area contributed by atoms with Crippen molar-refractivity contribution in [2.45, 2.75) is 18.9 Å². The molecule has 2 aromatic heterocycles. The maximum absolute atomic E-state index is 12.0. The molecule has 0 spiro atoms. The van der Waals surface area contributed by atoms with Gasteiger partial charge in [-0.2, -0.15) is 0 Å². The first kappa shape index (κ1) is 14.6. The third kappa shape index (κ3) is 3.65. The Labute approximate surface area is 129 Å². The number of rotatable bonds is 5. The molecule has 3 rings (SSSR count). The highest BCUT2D eigenvalue weighted by molar-refractivity contribution is 5.89. The van der Waals surface area contributed by atoms with Crippen LogP contribution in [0.3, 0.4) is 0 Å². The largest absolute Gasteiger partial charge is 0.468 e. The molecule has 0 aromatic carbocycles. The molecule has 2 amide bonds. The molecule has 2 aromatic rings. The molecule has 1 saturated heterocycles. The Morgan fingerprint density at radius 1 is 1.27 bits per heavy atom. The maximum atomic E-state index is 12.0. The van der Waals surface area contributed by atoms with Gasteiger partial charge in [0.1, 0.15) is 5.76 Å². The first-order valence-corrected chi connectivity index (χ1v) is 7.55. The minimum Gasteiger partial charge on any atom is -0.468 e. The van der Waals surface area contributed by atoms with E-state index in [0.29, 0.717) is 6.54 Å². The van der Waals surface area contributed by atoms with E-state index in [0.717, 1.165) is 24.5 Å². The van der Waals surface area contributed by atoms with Gasteiger partial charge in [0.05, 0.1) is 12.3 Å². The van der Waals surface area contributed by atoms with Crippen molar-refractivity contribution in [1.82, 2.24) is 15.2 Å². The zero-order valence-corrected chi connectivity index (χ0v) is 12.4. The number of anilines is 1. The quantitative estimate of drug-likeness (QED) is 0.890. The van der Waals surface area contributed by atoms with Crippen molar-refractivity contribution in [2.24, 2.45) is 0 Å². The molecule has 1 aliphatic heterocycles. The van der Waals surface area contributed by atoms with Crippen molar-refractivity contribution < 1.29 is 9.21 Å². The predicted molar refractivity (Wildman–Crippen MR) is 83.5 cm³/mol. The van der Waals surface area contributed by atoms with Crippen LogP contribution in [0.1, 0.15) is 24.6 Å². The molecule has 2 N–H and O–H groups in total. The number of urea groups is 1. The second-order valence-corrected chi connectivity index (χ2v) is 5.35. The van der Waals surface area contributed by atoms with Gasteiger partial charge < -0.3 is 15.1 Å². The monoisotopic (exact) mass is 300 g/mol. The van der Waals surface area contributed by atoms with E-state index < -0.39 is 0 Å². The standard InChI is InChI=1S/C16H20N4O2/c21-16(19-13-5-7-17-8-6-13)18-12-14(15-4-3-11-22-15)20-9-1-2-10-20/h3-8,11,14H,1-2,9-10,12H2,(H2,17,18,19,21)/t14-/m1/s1. The van der Waals surface area contributed by atoms with E-state index in [1.807, 2.05) is 12.1 Å². The van der Waals surface area contributed by atoms with Crippen LogP contribution in [0.5, 0.6) is 0 Å². The summed E-state index contributed by atoms with van der Waals surface area (Å²) in [7, 11) is 0. The van der Waals surface area contributed by atoms with E-state index in [4.69, 9.17) is 4.42 Å². The zero-order valence-electron chi connectivity index (χ0n) is 12.4. The number of pyridine rings is 1. The minimum absolute atomic E-state index is 0.0840. The number of furan rings is 1. The van der Waals surface area contributed by atoms with E-state index in [9.17, 15) is 4.79 Å². The fraction of sp³-hybridized carbons (Fsp3) is 0.375. The number of likely N-dealkylation sites (tertiary alicyclic amines) is 1. The Kier molecular flexibility index (Phi) is 4.70. The fourth-order valence-corrected chi connectivity index (χ4v) is 2.74. The second-order valence-electron chi connectivity index (χ2n) is 5.35. The molecule has 0 unspecified atom stereocenters. The Hall–Kier alpha value is -2.34. The van der Waals surface area contributed by atoms with Crippen LogP contribution in [0.4, 0.5) is 10.5 Å². The summed E-state index contributed by atoms with van der Waals surface area (Å²) >= 11 is 0. The van der Waals surface area contributed by atoms with Crippen molar-refractivity contribution in [3.8, 4) is 0 Å². The van der Waals surface area contributed by atoms with Crippen molar-refractivity contribution in [3.63, 3.8) is 0 Å². The van der Waals surface area contributed by atoms with Crippen LogP contribution in [-0.4, -0.2) is 35.5 Å². The lowest BCUT2D eigenvalue weighted by Gasteiger charge is -2.26. The average Bonchev–Trinajstić information content (AvgIpc) is 3.22. The van der Waals surface area contributed by atoms with Crippen LogP contribution in [0, 0.1) is 0 Å². The van der Waals surface area contributed by atoms with E-state index in [1.54, 1.807) is 30.8 Å². The van der Waals surface area contributed by atoms with Gasteiger partial charge in [-0.15, -0.1) is 0 Å². The molecular weight excluding hydrogens is 280 g/mol. The minimum atomic E-state index is -0.220. The van der Waals surface area contributed by atoms with Crippen molar-refractivity contribution in [3.05, 3.63) is 48.7 Å². The molecular formula is C16H20N4O2. The Morgan fingerprint density at radius 2 is 2.05 bits per heavy atom.